The van der Waals surface area contributed by atoms with Crippen molar-refractivity contribution >= 4 is 51.0 Å². The lowest BCUT2D eigenvalue weighted by atomic mass is 10.1. The van der Waals surface area contributed by atoms with Gasteiger partial charge in [-0.2, -0.15) is 5.26 Å². The van der Waals surface area contributed by atoms with Crippen LogP contribution in [0.1, 0.15) is 18.1 Å². The first-order chi connectivity index (χ1) is 17.5. The quantitative estimate of drug-likeness (QED) is 0.135. The van der Waals surface area contributed by atoms with Crippen LogP contribution < -0.4 is 14.8 Å². The summed E-state index contributed by atoms with van der Waals surface area (Å²) in [4.78, 5) is 12.6. The van der Waals surface area contributed by atoms with E-state index in [-0.39, 0.29) is 11.3 Å². The molecule has 0 saturated carbocycles. The summed E-state index contributed by atoms with van der Waals surface area (Å²) in [5.41, 5.74) is 1.47. The molecule has 180 valence electrons. The summed E-state index contributed by atoms with van der Waals surface area (Å²) in [7, 11) is 0. The zero-order valence-electron chi connectivity index (χ0n) is 19.4. The molecule has 0 atom stereocenters. The summed E-state index contributed by atoms with van der Waals surface area (Å²) >= 11 is 2.14. The van der Waals surface area contributed by atoms with Gasteiger partial charge in [0.2, 0.25) is 0 Å². The maximum atomic E-state index is 13.9. The lowest BCUT2D eigenvalue weighted by Crippen LogP contribution is -2.14. The molecule has 36 heavy (non-hydrogen) atoms. The van der Waals surface area contributed by atoms with Crippen LogP contribution in [0.3, 0.4) is 0 Å². The van der Waals surface area contributed by atoms with Crippen molar-refractivity contribution in [2.75, 3.05) is 11.9 Å². The standard InChI is InChI=1S/C29H22FIN2O3/c1-2-35-27-16-19(14-22(17-32)29(34)33-26-13-6-5-12-24(26)30)15-25(31)28(27)36-18-21-10-7-9-20-8-3-4-11-23(20)21/h3-16H,2,18H2,1H3,(H,33,34)/b22-14-. The molecule has 1 amide bonds. The predicted molar refractivity (Wildman–Crippen MR) is 147 cm³/mol. The monoisotopic (exact) mass is 592 g/mol. The predicted octanol–water partition coefficient (Wildman–Crippen LogP) is 7.11. The van der Waals surface area contributed by atoms with Crippen LogP contribution in [0.2, 0.25) is 0 Å². The lowest BCUT2D eigenvalue weighted by Gasteiger charge is -2.16. The van der Waals surface area contributed by atoms with Gasteiger partial charge in [0.05, 0.1) is 15.9 Å². The number of fused-ring (bicyclic) bond motifs is 1. The average molecular weight is 592 g/mol. The Morgan fingerprint density at radius 1 is 1.06 bits per heavy atom. The van der Waals surface area contributed by atoms with Gasteiger partial charge in [0.25, 0.3) is 5.91 Å². The van der Waals surface area contributed by atoms with E-state index in [4.69, 9.17) is 9.47 Å². The van der Waals surface area contributed by atoms with Crippen molar-refractivity contribution in [2.24, 2.45) is 0 Å². The number of nitrogens with zero attached hydrogens (tertiary/aromatic N) is 1. The normalized spacial score (nSPS) is 11.1. The molecule has 4 aromatic carbocycles. The van der Waals surface area contributed by atoms with Crippen molar-refractivity contribution in [1.82, 2.24) is 0 Å². The number of hydrogen-bond donors (Lipinski definition) is 1. The van der Waals surface area contributed by atoms with E-state index in [1.807, 2.05) is 37.3 Å². The molecule has 0 saturated heterocycles. The van der Waals surface area contributed by atoms with Gasteiger partial charge in [-0.15, -0.1) is 0 Å². The molecule has 0 spiro atoms. The van der Waals surface area contributed by atoms with E-state index in [1.165, 1.54) is 24.3 Å². The number of carbonyl (C=O) groups excluding carboxylic acids is 1. The minimum atomic E-state index is -0.702. The van der Waals surface area contributed by atoms with Gasteiger partial charge in [-0.1, -0.05) is 54.6 Å². The van der Waals surface area contributed by atoms with Crippen molar-refractivity contribution in [3.05, 3.63) is 105 Å². The number of halogens is 2. The van der Waals surface area contributed by atoms with Crippen LogP contribution >= 0.6 is 22.6 Å². The maximum absolute atomic E-state index is 13.9. The second-order valence-corrected chi connectivity index (χ2v) is 8.96. The summed E-state index contributed by atoms with van der Waals surface area (Å²) < 4.78 is 26.7. The van der Waals surface area contributed by atoms with Crippen molar-refractivity contribution < 1.29 is 18.7 Å². The van der Waals surface area contributed by atoms with Crippen molar-refractivity contribution in [1.29, 1.82) is 5.26 Å². The number of benzene rings is 4. The van der Waals surface area contributed by atoms with Gasteiger partial charge in [-0.3, -0.25) is 4.79 Å². The van der Waals surface area contributed by atoms with Gasteiger partial charge in [-0.25, -0.2) is 4.39 Å². The fourth-order valence-electron chi connectivity index (χ4n) is 3.71. The highest BCUT2D eigenvalue weighted by atomic mass is 127. The fourth-order valence-corrected chi connectivity index (χ4v) is 4.49. The summed E-state index contributed by atoms with van der Waals surface area (Å²) in [5, 5.41) is 14.3. The van der Waals surface area contributed by atoms with Crippen molar-refractivity contribution in [3.63, 3.8) is 0 Å². The van der Waals surface area contributed by atoms with Gasteiger partial charge < -0.3 is 14.8 Å². The Balaban J connectivity index is 1.60. The van der Waals surface area contributed by atoms with Gasteiger partial charge >= 0.3 is 0 Å². The third-order valence-electron chi connectivity index (χ3n) is 5.38. The Kier molecular flexibility index (Phi) is 8.18. The van der Waals surface area contributed by atoms with Crippen molar-refractivity contribution in [2.45, 2.75) is 13.5 Å². The highest BCUT2D eigenvalue weighted by molar-refractivity contribution is 14.1. The minimum absolute atomic E-state index is 0.00502. The van der Waals surface area contributed by atoms with Crippen molar-refractivity contribution in [3.8, 4) is 17.6 Å². The van der Waals surface area contributed by atoms with Crippen LogP contribution in [-0.2, 0) is 11.4 Å². The molecule has 4 rings (SSSR count). The van der Waals surface area contributed by atoms with Gasteiger partial charge in [0, 0.05) is 0 Å². The number of hydrogen-bond acceptors (Lipinski definition) is 4. The minimum Gasteiger partial charge on any atom is -0.490 e. The SMILES string of the molecule is CCOc1cc(/C=C(/C#N)C(=O)Nc2ccccc2F)cc(I)c1OCc1cccc2ccccc12. The molecule has 7 heteroatoms. The molecule has 0 heterocycles. The number of para-hydroxylation sites is 1. The zero-order chi connectivity index (χ0) is 25.5. The number of nitrogens with one attached hydrogen (secondary N) is 1. The van der Waals surface area contributed by atoms with Crippen LogP contribution in [0.4, 0.5) is 10.1 Å². The summed E-state index contributed by atoms with van der Waals surface area (Å²) in [6.07, 6.45) is 1.44. The number of carbonyl (C=O) groups is 1. The van der Waals surface area contributed by atoms with Crippen LogP contribution in [0.15, 0.2) is 84.4 Å². The number of amides is 1. The molecule has 0 aliphatic rings. The Morgan fingerprint density at radius 3 is 2.58 bits per heavy atom. The van der Waals surface area contributed by atoms with E-state index in [0.29, 0.717) is 30.3 Å². The first kappa shape index (κ1) is 25.2. The highest BCUT2D eigenvalue weighted by Gasteiger charge is 2.16. The molecule has 0 aliphatic heterocycles. The van der Waals surface area contributed by atoms with E-state index >= 15 is 0 Å². The summed E-state index contributed by atoms with van der Waals surface area (Å²) in [6, 6.07) is 25.4. The number of anilines is 1. The first-order valence-corrected chi connectivity index (χ1v) is 12.3. The molecule has 0 fully saturated rings. The third-order valence-corrected chi connectivity index (χ3v) is 6.18. The summed E-state index contributed by atoms with van der Waals surface area (Å²) in [6.45, 7) is 2.63. The Bertz CT molecular complexity index is 1490. The van der Waals surface area contributed by atoms with Gasteiger partial charge in [-0.05, 0) is 81.8 Å². The van der Waals surface area contributed by atoms with E-state index in [0.717, 1.165) is 19.9 Å². The van der Waals surface area contributed by atoms with E-state index in [1.54, 1.807) is 18.2 Å². The first-order valence-electron chi connectivity index (χ1n) is 11.2. The van der Waals surface area contributed by atoms with Gasteiger partial charge in [0.15, 0.2) is 11.5 Å². The van der Waals surface area contributed by atoms with E-state index < -0.39 is 11.7 Å². The van der Waals surface area contributed by atoms with Crippen LogP contribution in [0.25, 0.3) is 16.8 Å². The number of ether oxygens (including phenoxy) is 2. The Labute approximate surface area is 222 Å². The molecule has 0 bridgehead atoms. The average Bonchev–Trinajstić information content (AvgIpc) is 2.88. The fraction of sp³-hybridized carbons (Fsp3) is 0.103. The van der Waals surface area contributed by atoms with E-state index in [9.17, 15) is 14.4 Å². The molecular weight excluding hydrogens is 570 g/mol. The Hall–Kier alpha value is -3.90. The second kappa shape index (κ2) is 11.7. The number of nitriles is 1. The van der Waals surface area contributed by atoms with Crippen LogP contribution in [-0.4, -0.2) is 12.5 Å². The largest absolute Gasteiger partial charge is 0.490 e. The molecule has 0 aliphatic carbocycles. The maximum Gasteiger partial charge on any atom is 0.266 e. The molecule has 0 radical (unpaired) electrons. The number of rotatable bonds is 8. The van der Waals surface area contributed by atoms with E-state index in [2.05, 4.69) is 46.1 Å². The molecule has 4 aromatic rings. The third kappa shape index (κ3) is 5.83. The molecule has 5 nitrogen and oxygen atoms in total. The summed E-state index contributed by atoms with van der Waals surface area (Å²) in [5.74, 6) is -0.199. The molecule has 1 N–H and O–H groups in total. The lowest BCUT2D eigenvalue weighted by molar-refractivity contribution is -0.112. The molecule has 0 unspecified atom stereocenters. The topological polar surface area (TPSA) is 71.3 Å². The molecule has 0 aromatic heterocycles. The molecular formula is C29H22FIN2O3. The second-order valence-electron chi connectivity index (χ2n) is 7.79. The van der Waals surface area contributed by atoms with Crippen LogP contribution in [0, 0.1) is 20.7 Å². The van der Waals surface area contributed by atoms with Gasteiger partial charge in [0.1, 0.15) is 24.1 Å². The van der Waals surface area contributed by atoms with Crippen LogP contribution in [0.5, 0.6) is 11.5 Å². The smallest absolute Gasteiger partial charge is 0.266 e. The zero-order valence-corrected chi connectivity index (χ0v) is 21.6. The highest BCUT2D eigenvalue weighted by Crippen LogP contribution is 2.36. The Morgan fingerprint density at radius 2 is 1.81 bits per heavy atom.